The first-order valence-electron chi connectivity index (χ1n) is 6.91. The number of carbonyl (C=O) groups is 1. The van der Waals surface area contributed by atoms with Crippen molar-refractivity contribution in [2.75, 3.05) is 6.54 Å². The fraction of sp³-hybridized carbons (Fsp3) is 0.353. The van der Waals surface area contributed by atoms with Gasteiger partial charge in [0.05, 0.1) is 0 Å². The van der Waals surface area contributed by atoms with E-state index in [4.69, 9.17) is 5.73 Å². The van der Waals surface area contributed by atoms with Crippen molar-refractivity contribution < 1.29 is 4.79 Å². The molecule has 2 aromatic carbocycles. The molecule has 0 saturated carbocycles. The largest absolute Gasteiger partial charge is 0.348 e. The molecule has 0 radical (unpaired) electrons. The van der Waals surface area contributed by atoms with Crippen LogP contribution in [0.2, 0.25) is 0 Å². The third-order valence-electron chi connectivity index (χ3n) is 3.60. The van der Waals surface area contributed by atoms with Gasteiger partial charge in [-0.2, -0.15) is 0 Å². The molecule has 1 amide bonds. The maximum atomic E-state index is 12.3. The Bertz CT molecular complexity index is 614. The van der Waals surface area contributed by atoms with E-state index in [0.717, 1.165) is 10.8 Å². The van der Waals surface area contributed by atoms with Crippen LogP contribution in [0.1, 0.15) is 31.1 Å². The highest BCUT2D eigenvalue weighted by atomic mass is 16.1. The highest BCUT2D eigenvalue weighted by Gasteiger charge is 2.25. The van der Waals surface area contributed by atoms with Crippen LogP contribution in [0.25, 0.3) is 10.8 Å². The van der Waals surface area contributed by atoms with Crippen molar-refractivity contribution in [3.8, 4) is 0 Å². The van der Waals surface area contributed by atoms with Gasteiger partial charge in [0.15, 0.2) is 0 Å². The highest BCUT2D eigenvalue weighted by molar-refractivity contribution is 5.98. The Balaban J connectivity index is 2.23. The zero-order valence-corrected chi connectivity index (χ0v) is 12.3. The maximum Gasteiger partial charge on any atom is 0.251 e. The molecule has 0 saturated heterocycles. The molecule has 0 aliphatic carbocycles. The second-order valence-electron chi connectivity index (χ2n) is 6.19. The van der Waals surface area contributed by atoms with E-state index in [9.17, 15) is 4.79 Å². The van der Waals surface area contributed by atoms with Crippen LogP contribution in [0.15, 0.2) is 42.5 Å². The van der Waals surface area contributed by atoms with E-state index < -0.39 is 0 Å². The molecule has 0 aliphatic heterocycles. The van der Waals surface area contributed by atoms with Crippen LogP contribution in [-0.4, -0.2) is 18.5 Å². The minimum atomic E-state index is -0.0684. The number of carbonyl (C=O) groups excluding carboxylic acids is 1. The van der Waals surface area contributed by atoms with Gasteiger partial charge in [-0.25, -0.2) is 0 Å². The van der Waals surface area contributed by atoms with E-state index in [2.05, 4.69) is 26.1 Å². The van der Waals surface area contributed by atoms with Gasteiger partial charge in [0.1, 0.15) is 0 Å². The fourth-order valence-corrected chi connectivity index (χ4v) is 2.20. The summed E-state index contributed by atoms with van der Waals surface area (Å²) in [5.41, 5.74) is 6.38. The van der Waals surface area contributed by atoms with Crippen LogP contribution in [0.4, 0.5) is 0 Å². The molecule has 106 valence electrons. The highest BCUT2D eigenvalue weighted by Crippen LogP contribution is 2.20. The third kappa shape index (κ3) is 3.17. The van der Waals surface area contributed by atoms with Crippen molar-refractivity contribution >= 4 is 16.7 Å². The monoisotopic (exact) mass is 270 g/mol. The normalized spacial score (nSPS) is 13.2. The minimum Gasteiger partial charge on any atom is -0.348 e. The van der Waals surface area contributed by atoms with E-state index in [1.807, 2.05) is 42.5 Å². The van der Waals surface area contributed by atoms with E-state index >= 15 is 0 Å². The molecule has 3 nitrogen and oxygen atoms in total. The average Bonchev–Trinajstić information content (AvgIpc) is 2.42. The summed E-state index contributed by atoms with van der Waals surface area (Å²) in [4.78, 5) is 12.3. The van der Waals surface area contributed by atoms with Gasteiger partial charge in [0.25, 0.3) is 5.91 Å². The molecule has 0 bridgehead atoms. The summed E-state index contributed by atoms with van der Waals surface area (Å²) in [6.07, 6.45) is 0. The third-order valence-corrected chi connectivity index (χ3v) is 3.60. The Morgan fingerprint density at radius 2 is 1.80 bits per heavy atom. The van der Waals surface area contributed by atoms with Crippen molar-refractivity contribution in [1.82, 2.24) is 5.32 Å². The molecule has 3 heteroatoms. The Labute approximate surface area is 120 Å². The first-order chi connectivity index (χ1) is 9.41. The average molecular weight is 270 g/mol. The van der Waals surface area contributed by atoms with Crippen molar-refractivity contribution in [3.63, 3.8) is 0 Å². The van der Waals surface area contributed by atoms with E-state index in [1.165, 1.54) is 0 Å². The topological polar surface area (TPSA) is 55.1 Å². The summed E-state index contributed by atoms with van der Waals surface area (Å²) in [5.74, 6) is -0.0684. The molecular formula is C17H22N2O. The number of fused-ring (bicyclic) bond motifs is 1. The lowest BCUT2D eigenvalue weighted by molar-refractivity contribution is 0.0905. The van der Waals surface area contributed by atoms with Gasteiger partial charge in [-0.05, 0) is 28.3 Å². The van der Waals surface area contributed by atoms with Crippen molar-refractivity contribution in [2.45, 2.75) is 26.8 Å². The van der Waals surface area contributed by atoms with Gasteiger partial charge < -0.3 is 11.1 Å². The van der Waals surface area contributed by atoms with Gasteiger partial charge in [-0.3, -0.25) is 4.79 Å². The van der Waals surface area contributed by atoms with E-state index in [-0.39, 0.29) is 17.4 Å². The van der Waals surface area contributed by atoms with Gasteiger partial charge in [0.2, 0.25) is 0 Å². The molecule has 2 aromatic rings. The standard InChI is InChI=1S/C17H22N2O/c1-17(2,3)15(11-18)19-16(20)14-9-8-12-6-4-5-7-13(12)10-14/h4-10,15H,11,18H2,1-3H3,(H,19,20). The number of nitrogens with two attached hydrogens (primary N) is 1. The summed E-state index contributed by atoms with van der Waals surface area (Å²) < 4.78 is 0. The van der Waals surface area contributed by atoms with Crippen LogP contribution >= 0.6 is 0 Å². The Morgan fingerprint density at radius 3 is 2.40 bits per heavy atom. The molecule has 3 N–H and O–H groups in total. The molecule has 0 aromatic heterocycles. The Hall–Kier alpha value is -1.87. The zero-order chi connectivity index (χ0) is 14.8. The molecule has 0 aliphatic rings. The molecule has 0 spiro atoms. The smallest absolute Gasteiger partial charge is 0.251 e. The van der Waals surface area contributed by atoms with Crippen molar-refractivity contribution in [3.05, 3.63) is 48.0 Å². The number of hydrogen-bond donors (Lipinski definition) is 2. The molecule has 0 fully saturated rings. The first-order valence-corrected chi connectivity index (χ1v) is 6.91. The maximum absolute atomic E-state index is 12.3. The quantitative estimate of drug-likeness (QED) is 0.901. The van der Waals surface area contributed by atoms with Gasteiger partial charge in [0, 0.05) is 18.2 Å². The lowest BCUT2D eigenvalue weighted by Crippen LogP contribution is -2.48. The second kappa shape index (κ2) is 5.63. The predicted octanol–water partition coefficient (Wildman–Crippen LogP) is 2.94. The number of amides is 1. The van der Waals surface area contributed by atoms with Gasteiger partial charge in [-0.1, -0.05) is 51.1 Å². The predicted molar refractivity (Wildman–Crippen MR) is 83.7 cm³/mol. The van der Waals surface area contributed by atoms with E-state index in [0.29, 0.717) is 12.1 Å². The summed E-state index contributed by atoms with van der Waals surface area (Å²) >= 11 is 0. The molecular weight excluding hydrogens is 248 g/mol. The van der Waals surface area contributed by atoms with Crippen molar-refractivity contribution in [2.24, 2.45) is 11.1 Å². The summed E-state index contributed by atoms with van der Waals surface area (Å²) in [6.45, 7) is 6.66. The lowest BCUT2D eigenvalue weighted by Gasteiger charge is -2.30. The number of nitrogens with one attached hydrogen (secondary N) is 1. The van der Waals surface area contributed by atoms with Crippen molar-refractivity contribution in [1.29, 1.82) is 0 Å². The lowest BCUT2D eigenvalue weighted by atomic mass is 9.86. The zero-order valence-electron chi connectivity index (χ0n) is 12.3. The summed E-state index contributed by atoms with van der Waals surface area (Å²) in [6, 6.07) is 13.7. The van der Waals surface area contributed by atoms with Crippen LogP contribution < -0.4 is 11.1 Å². The SMILES string of the molecule is CC(C)(C)C(CN)NC(=O)c1ccc2ccccc2c1. The molecule has 20 heavy (non-hydrogen) atoms. The number of benzene rings is 2. The van der Waals surface area contributed by atoms with Crippen LogP contribution in [0, 0.1) is 5.41 Å². The van der Waals surface area contributed by atoms with Gasteiger partial charge >= 0.3 is 0 Å². The number of hydrogen-bond acceptors (Lipinski definition) is 2. The van der Waals surface area contributed by atoms with Crippen LogP contribution in [-0.2, 0) is 0 Å². The first kappa shape index (κ1) is 14.5. The summed E-state index contributed by atoms with van der Waals surface area (Å²) in [7, 11) is 0. The fourth-order valence-electron chi connectivity index (χ4n) is 2.20. The van der Waals surface area contributed by atoms with Gasteiger partial charge in [-0.15, -0.1) is 0 Å². The van der Waals surface area contributed by atoms with Crippen LogP contribution in [0.5, 0.6) is 0 Å². The second-order valence-corrected chi connectivity index (χ2v) is 6.19. The molecule has 2 rings (SSSR count). The van der Waals surface area contributed by atoms with Crippen LogP contribution in [0.3, 0.4) is 0 Å². The molecule has 1 unspecified atom stereocenters. The van der Waals surface area contributed by atoms with E-state index in [1.54, 1.807) is 0 Å². The molecule has 1 atom stereocenters. The Morgan fingerprint density at radius 1 is 1.15 bits per heavy atom. The summed E-state index contributed by atoms with van der Waals surface area (Å²) in [5, 5.41) is 5.23. The number of rotatable bonds is 3. The minimum absolute atomic E-state index is 0.0403. The molecule has 0 heterocycles. The Kier molecular flexibility index (Phi) is 4.09.